The van der Waals surface area contributed by atoms with Crippen LogP contribution in [-0.4, -0.2) is 47.9 Å². The van der Waals surface area contributed by atoms with Crippen molar-refractivity contribution in [3.05, 3.63) is 12.2 Å². The van der Waals surface area contributed by atoms with Crippen molar-refractivity contribution in [1.29, 1.82) is 0 Å². The first-order valence-corrected chi connectivity index (χ1v) is 6.86. The molecule has 1 unspecified atom stereocenters. The molecular formula is C13H11F13O2. The molecule has 0 bridgehead atoms. The molecule has 0 saturated heterocycles. The van der Waals surface area contributed by atoms with Gasteiger partial charge in [-0.15, -0.1) is 0 Å². The number of rotatable bonds is 8. The molecule has 0 N–H and O–H groups in total. The van der Waals surface area contributed by atoms with Gasteiger partial charge in [-0.05, 0) is 13.3 Å². The minimum Gasteiger partial charge on any atom is -0.452 e. The summed E-state index contributed by atoms with van der Waals surface area (Å²) in [6.07, 6.45) is -12.5. The van der Waals surface area contributed by atoms with Crippen LogP contribution in [0.5, 0.6) is 0 Å². The molecule has 0 amide bonds. The summed E-state index contributed by atoms with van der Waals surface area (Å²) >= 11 is 0. The lowest BCUT2D eigenvalue weighted by Gasteiger charge is -2.41. The summed E-state index contributed by atoms with van der Waals surface area (Å²) in [5.41, 5.74) is -0.724. The van der Waals surface area contributed by atoms with E-state index in [1.807, 2.05) is 0 Å². The van der Waals surface area contributed by atoms with Crippen molar-refractivity contribution < 1.29 is 66.6 Å². The van der Waals surface area contributed by atoms with Gasteiger partial charge in [0.2, 0.25) is 0 Å². The highest BCUT2D eigenvalue weighted by Gasteiger charge is 2.91. The van der Waals surface area contributed by atoms with Crippen molar-refractivity contribution >= 4 is 5.97 Å². The summed E-state index contributed by atoms with van der Waals surface area (Å²) in [6, 6.07) is 0. The molecule has 0 saturated carbocycles. The van der Waals surface area contributed by atoms with Gasteiger partial charge in [0.05, 0.1) is 0 Å². The fraction of sp³-hybridized carbons (Fsp3) is 0.769. The number of hydrogen-bond acceptors (Lipinski definition) is 2. The summed E-state index contributed by atoms with van der Waals surface area (Å²) in [4.78, 5) is 11.1. The number of carbonyl (C=O) groups is 1. The third-order valence-electron chi connectivity index (χ3n) is 3.33. The van der Waals surface area contributed by atoms with E-state index >= 15 is 0 Å². The molecule has 15 heteroatoms. The predicted octanol–water partition coefficient (Wildman–Crippen LogP) is 5.62. The summed E-state index contributed by atoms with van der Waals surface area (Å²) in [6.45, 7) is 4.15. The second-order valence-corrected chi connectivity index (χ2v) is 5.50. The van der Waals surface area contributed by atoms with Gasteiger partial charge in [-0.2, -0.15) is 57.1 Å². The van der Waals surface area contributed by atoms with Gasteiger partial charge in [-0.25, -0.2) is 4.79 Å². The standard InChI is InChI=1S/C13H11F13O2/c1-4-6(28-7(27)5(2)3)8(14,15)9(16,17)10(18,19)11(20,21)12(22,23)13(24,25)26/h6H,2,4H2,1,3H3. The number of halogens is 13. The minimum absolute atomic E-state index is 0.529. The normalized spacial score (nSPS) is 16.0. The van der Waals surface area contributed by atoms with Crippen LogP contribution in [0.3, 0.4) is 0 Å². The van der Waals surface area contributed by atoms with Crippen molar-refractivity contribution in [3.8, 4) is 0 Å². The van der Waals surface area contributed by atoms with Crippen molar-refractivity contribution in [2.75, 3.05) is 0 Å². The molecule has 28 heavy (non-hydrogen) atoms. The highest BCUT2D eigenvalue weighted by atomic mass is 19.4. The maximum Gasteiger partial charge on any atom is 0.460 e. The van der Waals surface area contributed by atoms with Crippen LogP contribution in [0, 0.1) is 0 Å². The van der Waals surface area contributed by atoms with E-state index in [1.54, 1.807) is 0 Å². The molecule has 2 nitrogen and oxygen atoms in total. The fourth-order valence-corrected chi connectivity index (χ4v) is 1.63. The average Bonchev–Trinajstić information content (AvgIpc) is 2.49. The number of carbonyl (C=O) groups excluding carboxylic acids is 1. The zero-order valence-corrected chi connectivity index (χ0v) is 13.7. The van der Waals surface area contributed by atoms with E-state index in [0.29, 0.717) is 6.92 Å². The van der Waals surface area contributed by atoms with Gasteiger partial charge in [-0.1, -0.05) is 13.5 Å². The highest BCUT2D eigenvalue weighted by Crippen LogP contribution is 2.61. The Morgan fingerprint density at radius 1 is 0.786 bits per heavy atom. The quantitative estimate of drug-likeness (QED) is 0.275. The smallest absolute Gasteiger partial charge is 0.452 e. The molecule has 0 heterocycles. The maximum absolute atomic E-state index is 13.8. The van der Waals surface area contributed by atoms with Gasteiger partial charge in [0, 0.05) is 5.57 Å². The first kappa shape index (κ1) is 26.3. The Kier molecular flexibility index (Phi) is 6.84. The molecule has 166 valence electrons. The Bertz CT molecular complexity index is 606. The number of esters is 1. The van der Waals surface area contributed by atoms with Crippen LogP contribution in [0.4, 0.5) is 57.1 Å². The van der Waals surface area contributed by atoms with Gasteiger partial charge in [0.1, 0.15) is 0 Å². The van der Waals surface area contributed by atoms with Crippen molar-refractivity contribution in [1.82, 2.24) is 0 Å². The molecule has 0 aromatic rings. The minimum atomic E-state index is -8.00. The molecule has 0 aliphatic heterocycles. The zero-order valence-electron chi connectivity index (χ0n) is 13.7. The van der Waals surface area contributed by atoms with Crippen LogP contribution in [0.1, 0.15) is 20.3 Å². The largest absolute Gasteiger partial charge is 0.460 e. The molecule has 0 aromatic heterocycles. The van der Waals surface area contributed by atoms with Crippen molar-refractivity contribution in [2.24, 2.45) is 0 Å². The Labute approximate surface area is 148 Å². The van der Waals surface area contributed by atoms with Crippen LogP contribution in [-0.2, 0) is 9.53 Å². The van der Waals surface area contributed by atoms with E-state index in [2.05, 4.69) is 11.3 Å². The fourth-order valence-electron chi connectivity index (χ4n) is 1.63. The molecule has 0 radical (unpaired) electrons. The topological polar surface area (TPSA) is 26.3 Å². The van der Waals surface area contributed by atoms with E-state index in [0.717, 1.165) is 6.92 Å². The third-order valence-corrected chi connectivity index (χ3v) is 3.33. The van der Waals surface area contributed by atoms with E-state index in [9.17, 15) is 61.9 Å². The van der Waals surface area contributed by atoms with Crippen LogP contribution in [0.2, 0.25) is 0 Å². The highest BCUT2D eigenvalue weighted by molar-refractivity contribution is 5.87. The third kappa shape index (κ3) is 3.75. The van der Waals surface area contributed by atoms with E-state index in [1.165, 1.54) is 0 Å². The summed E-state index contributed by atoms with van der Waals surface area (Å²) < 4.78 is 173. The number of alkyl halides is 13. The lowest BCUT2D eigenvalue weighted by Crippen LogP contribution is -2.71. The van der Waals surface area contributed by atoms with E-state index < -0.39 is 59.9 Å². The average molecular weight is 446 g/mol. The van der Waals surface area contributed by atoms with Gasteiger partial charge < -0.3 is 4.74 Å². The van der Waals surface area contributed by atoms with Crippen molar-refractivity contribution in [3.63, 3.8) is 0 Å². The van der Waals surface area contributed by atoms with Gasteiger partial charge >= 0.3 is 41.8 Å². The van der Waals surface area contributed by atoms with Crippen LogP contribution >= 0.6 is 0 Å². The molecule has 0 rings (SSSR count). The van der Waals surface area contributed by atoms with Crippen molar-refractivity contribution in [2.45, 2.75) is 62.2 Å². The SMILES string of the molecule is C=C(C)C(=O)OC(CC)C(F)(F)C(F)(F)C(F)(F)C(F)(F)C(F)(F)C(F)(F)F. The molecule has 0 aliphatic rings. The van der Waals surface area contributed by atoms with Crippen LogP contribution in [0.25, 0.3) is 0 Å². The summed E-state index contributed by atoms with van der Waals surface area (Å²) in [7, 11) is 0. The van der Waals surface area contributed by atoms with Crippen LogP contribution < -0.4 is 0 Å². The second kappa shape index (κ2) is 7.28. The molecule has 0 aromatic carbocycles. The Hall–Kier alpha value is -1.70. The predicted molar refractivity (Wildman–Crippen MR) is 65.8 cm³/mol. The lowest BCUT2D eigenvalue weighted by atomic mass is 9.91. The van der Waals surface area contributed by atoms with Gasteiger partial charge in [0.15, 0.2) is 6.10 Å². The van der Waals surface area contributed by atoms with Gasteiger partial charge in [0.25, 0.3) is 0 Å². The molecule has 1 atom stereocenters. The number of hydrogen-bond donors (Lipinski definition) is 0. The van der Waals surface area contributed by atoms with Crippen LogP contribution in [0.15, 0.2) is 12.2 Å². The van der Waals surface area contributed by atoms with E-state index in [-0.39, 0.29) is 0 Å². The first-order valence-electron chi connectivity index (χ1n) is 6.86. The molecule has 0 spiro atoms. The monoisotopic (exact) mass is 446 g/mol. The molecule has 0 fully saturated rings. The molecule has 0 aliphatic carbocycles. The van der Waals surface area contributed by atoms with Gasteiger partial charge in [-0.3, -0.25) is 0 Å². The molecular weight excluding hydrogens is 435 g/mol. The zero-order chi connectivity index (χ0) is 23.1. The first-order chi connectivity index (χ1) is 12.0. The maximum atomic E-state index is 13.8. The number of ether oxygens (including phenoxy) is 1. The van der Waals surface area contributed by atoms with E-state index in [4.69, 9.17) is 0 Å². The Balaban J connectivity index is 6.37. The Morgan fingerprint density at radius 3 is 1.43 bits per heavy atom. The lowest BCUT2D eigenvalue weighted by molar-refractivity contribution is -0.444. The second-order valence-electron chi connectivity index (χ2n) is 5.50. The Morgan fingerprint density at radius 2 is 1.14 bits per heavy atom. The summed E-state index contributed by atoms with van der Waals surface area (Å²) in [5.74, 6) is -39.6. The summed E-state index contributed by atoms with van der Waals surface area (Å²) in [5, 5.41) is 0.